The maximum atomic E-state index is 12.7. The monoisotopic (exact) mass is 295 g/mol. The van der Waals surface area contributed by atoms with Gasteiger partial charge in [-0.2, -0.15) is 0 Å². The molecule has 1 N–H and O–H groups in total. The van der Waals surface area contributed by atoms with Crippen molar-refractivity contribution in [2.75, 3.05) is 26.3 Å². The van der Waals surface area contributed by atoms with Crippen LogP contribution in [0.4, 0.5) is 0 Å². The SMILES string of the molecule is O=C(O)C1CCCC(C(=O)N2CCC3(CCOCC3)C2)C1. The van der Waals surface area contributed by atoms with Crippen molar-refractivity contribution in [3.63, 3.8) is 0 Å². The molecule has 0 aromatic carbocycles. The van der Waals surface area contributed by atoms with E-state index in [4.69, 9.17) is 9.84 Å². The fourth-order valence-corrected chi connectivity index (χ4v) is 4.23. The van der Waals surface area contributed by atoms with Crippen LogP contribution in [0.2, 0.25) is 0 Å². The van der Waals surface area contributed by atoms with Crippen molar-refractivity contribution in [1.29, 1.82) is 0 Å². The Morgan fingerprint density at radius 3 is 2.52 bits per heavy atom. The van der Waals surface area contributed by atoms with Gasteiger partial charge < -0.3 is 14.7 Å². The number of likely N-dealkylation sites (tertiary alicyclic amines) is 1. The predicted octanol–water partition coefficient (Wildman–Crippen LogP) is 1.91. The number of hydrogen-bond acceptors (Lipinski definition) is 3. The standard InChI is InChI=1S/C16H25NO4/c18-14(12-2-1-3-13(10-12)15(19)20)17-7-4-16(11-17)5-8-21-9-6-16/h12-13H,1-11H2,(H,19,20). The molecule has 21 heavy (non-hydrogen) atoms. The highest BCUT2D eigenvalue weighted by molar-refractivity contribution is 5.80. The summed E-state index contributed by atoms with van der Waals surface area (Å²) in [5.41, 5.74) is 0.273. The normalized spacial score (nSPS) is 32.3. The van der Waals surface area contributed by atoms with Gasteiger partial charge in [0.05, 0.1) is 5.92 Å². The molecule has 3 aliphatic rings. The van der Waals surface area contributed by atoms with Gasteiger partial charge in [0, 0.05) is 32.2 Å². The Kier molecular flexibility index (Phi) is 4.20. The molecule has 1 spiro atoms. The molecule has 2 heterocycles. The van der Waals surface area contributed by atoms with Crippen molar-refractivity contribution >= 4 is 11.9 Å². The fraction of sp³-hybridized carbons (Fsp3) is 0.875. The minimum absolute atomic E-state index is 0.0742. The van der Waals surface area contributed by atoms with Crippen LogP contribution in [0.5, 0.6) is 0 Å². The first-order valence-corrected chi connectivity index (χ1v) is 8.19. The molecule has 0 radical (unpaired) electrons. The summed E-state index contributed by atoms with van der Waals surface area (Å²) < 4.78 is 5.44. The van der Waals surface area contributed by atoms with Gasteiger partial charge in [0.25, 0.3) is 0 Å². The van der Waals surface area contributed by atoms with Gasteiger partial charge in [-0.3, -0.25) is 9.59 Å². The van der Waals surface area contributed by atoms with Crippen molar-refractivity contribution in [3.8, 4) is 0 Å². The van der Waals surface area contributed by atoms with Crippen LogP contribution < -0.4 is 0 Å². The van der Waals surface area contributed by atoms with E-state index in [9.17, 15) is 9.59 Å². The Labute approximate surface area is 125 Å². The zero-order valence-electron chi connectivity index (χ0n) is 12.6. The predicted molar refractivity (Wildman–Crippen MR) is 76.8 cm³/mol. The van der Waals surface area contributed by atoms with Crippen LogP contribution in [0.25, 0.3) is 0 Å². The molecule has 2 atom stereocenters. The zero-order chi connectivity index (χ0) is 14.9. The third-order valence-electron chi connectivity index (χ3n) is 5.68. The van der Waals surface area contributed by atoms with E-state index in [1.165, 1.54) is 0 Å². The molecule has 1 saturated carbocycles. The molecule has 0 aromatic heterocycles. The second kappa shape index (κ2) is 5.95. The summed E-state index contributed by atoms with van der Waals surface area (Å²) in [6, 6.07) is 0. The van der Waals surface area contributed by atoms with Crippen LogP contribution in [0, 0.1) is 17.3 Å². The second-order valence-electron chi connectivity index (χ2n) is 7.02. The minimum atomic E-state index is -0.741. The van der Waals surface area contributed by atoms with Gasteiger partial charge in [-0.1, -0.05) is 6.42 Å². The van der Waals surface area contributed by atoms with E-state index in [1.54, 1.807) is 0 Å². The second-order valence-corrected chi connectivity index (χ2v) is 7.02. The van der Waals surface area contributed by atoms with Crippen molar-refractivity contribution in [3.05, 3.63) is 0 Å². The molecule has 1 aliphatic carbocycles. The Hall–Kier alpha value is -1.10. The first-order valence-electron chi connectivity index (χ1n) is 8.19. The largest absolute Gasteiger partial charge is 0.481 e. The molecular weight excluding hydrogens is 270 g/mol. The molecule has 118 valence electrons. The molecule has 5 nitrogen and oxygen atoms in total. The number of carbonyl (C=O) groups excluding carboxylic acids is 1. The lowest BCUT2D eigenvalue weighted by Crippen LogP contribution is -2.40. The molecule has 3 rings (SSSR count). The Morgan fingerprint density at radius 2 is 1.81 bits per heavy atom. The lowest BCUT2D eigenvalue weighted by Gasteiger charge is -2.34. The molecule has 0 aromatic rings. The van der Waals surface area contributed by atoms with Gasteiger partial charge in [-0.15, -0.1) is 0 Å². The van der Waals surface area contributed by atoms with E-state index < -0.39 is 5.97 Å². The number of carbonyl (C=O) groups is 2. The summed E-state index contributed by atoms with van der Waals surface area (Å²) in [6.07, 6.45) is 6.16. The molecule has 2 saturated heterocycles. The number of nitrogens with zero attached hydrogens (tertiary/aromatic N) is 1. The summed E-state index contributed by atoms with van der Waals surface area (Å²) in [6.45, 7) is 3.32. The number of rotatable bonds is 2. The molecule has 2 aliphatic heterocycles. The smallest absolute Gasteiger partial charge is 0.306 e. The van der Waals surface area contributed by atoms with Crippen molar-refractivity contribution in [2.24, 2.45) is 17.3 Å². The van der Waals surface area contributed by atoms with Gasteiger partial charge in [0.15, 0.2) is 0 Å². The first-order chi connectivity index (χ1) is 10.1. The first kappa shape index (κ1) is 14.8. The summed E-state index contributed by atoms with van der Waals surface area (Å²) in [4.78, 5) is 25.8. The molecule has 2 unspecified atom stereocenters. The summed E-state index contributed by atoms with van der Waals surface area (Å²) in [5, 5.41) is 9.16. The average molecular weight is 295 g/mol. The highest BCUT2D eigenvalue weighted by Gasteiger charge is 2.43. The fourth-order valence-electron chi connectivity index (χ4n) is 4.23. The third kappa shape index (κ3) is 3.07. The third-order valence-corrected chi connectivity index (χ3v) is 5.68. The maximum absolute atomic E-state index is 12.7. The van der Waals surface area contributed by atoms with E-state index in [2.05, 4.69) is 0 Å². The van der Waals surface area contributed by atoms with Gasteiger partial charge >= 0.3 is 5.97 Å². The topological polar surface area (TPSA) is 66.8 Å². The quantitative estimate of drug-likeness (QED) is 0.845. The summed E-state index contributed by atoms with van der Waals surface area (Å²) in [7, 11) is 0. The van der Waals surface area contributed by atoms with Crippen LogP contribution in [0.1, 0.15) is 44.9 Å². The van der Waals surface area contributed by atoms with Crippen LogP contribution in [0.15, 0.2) is 0 Å². The maximum Gasteiger partial charge on any atom is 0.306 e. The molecule has 3 fully saturated rings. The van der Waals surface area contributed by atoms with E-state index in [0.717, 1.165) is 64.8 Å². The van der Waals surface area contributed by atoms with E-state index in [-0.39, 0.29) is 23.2 Å². The van der Waals surface area contributed by atoms with Crippen LogP contribution in [0.3, 0.4) is 0 Å². The Bertz CT molecular complexity index is 417. The number of carboxylic acid groups (broad SMARTS) is 1. The lowest BCUT2D eigenvalue weighted by atomic mass is 9.79. The Morgan fingerprint density at radius 1 is 1.10 bits per heavy atom. The number of carboxylic acids is 1. The van der Waals surface area contributed by atoms with E-state index in [0.29, 0.717) is 6.42 Å². The number of ether oxygens (including phenoxy) is 1. The van der Waals surface area contributed by atoms with E-state index in [1.807, 2.05) is 4.90 Å². The van der Waals surface area contributed by atoms with Gasteiger partial charge in [0.2, 0.25) is 5.91 Å². The van der Waals surface area contributed by atoms with Crippen LogP contribution in [-0.4, -0.2) is 48.2 Å². The summed E-state index contributed by atoms with van der Waals surface area (Å²) in [5.74, 6) is -0.943. The molecule has 5 heteroatoms. The van der Waals surface area contributed by atoms with Crippen molar-refractivity contribution < 1.29 is 19.4 Å². The van der Waals surface area contributed by atoms with Crippen LogP contribution >= 0.6 is 0 Å². The molecule has 0 bridgehead atoms. The number of hydrogen-bond donors (Lipinski definition) is 1. The van der Waals surface area contributed by atoms with Gasteiger partial charge in [-0.25, -0.2) is 0 Å². The number of amides is 1. The average Bonchev–Trinajstić information content (AvgIpc) is 2.91. The van der Waals surface area contributed by atoms with Crippen molar-refractivity contribution in [2.45, 2.75) is 44.9 Å². The zero-order valence-corrected chi connectivity index (χ0v) is 12.6. The summed E-state index contributed by atoms with van der Waals surface area (Å²) >= 11 is 0. The number of aliphatic carboxylic acids is 1. The van der Waals surface area contributed by atoms with Crippen LogP contribution in [-0.2, 0) is 14.3 Å². The van der Waals surface area contributed by atoms with Gasteiger partial charge in [-0.05, 0) is 43.9 Å². The Balaban J connectivity index is 1.59. The minimum Gasteiger partial charge on any atom is -0.481 e. The molecule has 1 amide bonds. The highest BCUT2D eigenvalue weighted by atomic mass is 16.5. The molecular formula is C16H25NO4. The van der Waals surface area contributed by atoms with E-state index >= 15 is 0 Å². The van der Waals surface area contributed by atoms with Gasteiger partial charge in [0.1, 0.15) is 0 Å². The highest BCUT2D eigenvalue weighted by Crippen LogP contribution is 2.41. The lowest BCUT2D eigenvalue weighted by molar-refractivity contribution is -0.145. The van der Waals surface area contributed by atoms with Crippen molar-refractivity contribution in [1.82, 2.24) is 4.90 Å².